The van der Waals surface area contributed by atoms with Crippen molar-refractivity contribution in [2.24, 2.45) is 5.10 Å². The molecule has 0 aromatic heterocycles. The van der Waals surface area contributed by atoms with Gasteiger partial charge in [0.25, 0.3) is 5.91 Å². The fraction of sp³-hybridized carbons (Fsp3) is 0.125. The van der Waals surface area contributed by atoms with Crippen molar-refractivity contribution >= 4 is 46.9 Å². The van der Waals surface area contributed by atoms with Crippen molar-refractivity contribution in [2.45, 2.75) is 6.92 Å². The molecular weight excluding hydrogens is 359 g/mol. The molecule has 0 unspecified atom stereocenters. The van der Waals surface area contributed by atoms with Crippen LogP contribution in [0, 0.1) is 6.92 Å². The van der Waals surface area contributed by atoms with Gasteiger partial charge in [0.1, 0.15) is 5.75 Å². The van der Waals surface area contributed by atoms with Crippen molar-refractivity contribution < 1.29 is 9.53 Å². The van der Waals surface area contributed by atoms with Gasteiger partial charge in [-0.15, -0.1) is 0 Å². The van der Waals surface area contributed by atoms with E-state index in [1.165, 1.54) is 6.21 Å². The molecule has 0 aliphatic heterocycles. The summed E-state index contributed by atoms with van der Waals surface area (Å²) in [5.74, 6) is 0.185. The largest absolute Gasteiger partial charge is 0.484 e. The van der Waals surface area contributed by atoms with E-state index < -0.39 is 0 Å². The quantitative estimate of drug-likeness (QED) is 0.622. The van der Waals surface area contributed by atoms with Gasteiger partial charge in [-0.25, -0.2) is 5.43 Å². The van der Waals surface area contributed by atoms with E-state index in [9.17, 15) is 4.79 Å². The lowest BCUT2D eigenvalue weighted by Crippen LogP contribution is -2.24. The molecule has 0 bridgehead atoms. The summed E-state index contributed by atoms with van der Waals surface area (Å²) >= 11 is 17.6. The first-order valence-electron chi connectivity index (χ1n) is 6.61. The number of nitrogens with one attached hydrogen (secondary N) is 1. The van der Waals surface area contributed by atoms with Crippen LogP contribution in [0.4, 0.5) is 0 Å². The van der Waals surface area contributed by atoms with Crippen LogP contribution in [0.2, 0.25) is 15.1 Å². The standard InChI is InChI=1S/C16H13Cl3N2O2/c1-10-6-12(3-5-13(10)17)23-9-16(22)21-20-8-11-2-4-14(18)15(19)7-11/h2-8H,9H2,1H3,(H,21,22). The maximum atomic E-state index is 11.7. The lowest BCUT2D eigenvalue weighted by atomic mass is 10.2. The first kappa shape index (κ1) is 17.6. The summed E-state index contributed by atoms with van der Waals surface area (Å²) in [4.78, 5) is 11.7. The fourth-order valence-electron chi connectivity index (χ4n) is 1.66. The number of amides is 1. The van der Waals surface area contributed by atoms with Crippen molar-refractivity contribution in [3.8, 4) is 5.75 Å². The average molecular weight is 372 g/mol. The molecule has 1 N–H and O–H groups in total. The minimum absolute atomic E-state index is 0.153. The van der Waals surface area contributed by atoms with Gasteiger partial charge < -0.3 is 4.74 Å². The molecule has 120 valence electrons. The monoisotopic (exact) mass is 370 g/mol. The lowest BCUT2D eigenvalue weighted by Gasteiger charge is -2.06. The van der Waals surface area contributed by atoms with Crippen LogP contribution in [-0.2, 0) is 4.79 Å². The number of hydrogen-bond acceptors (Lipinski definition) is 3. The molecule has 0 saturated heterocycles. The van der Waals surface area contributed by atoms with Crippen molar-refractivity contribution in [3.05, 3.63) is 62.6 Å². The van der Waals surface area contributed by atoms with Gasteiger partial charge in [0.2, 0.25) is 0 Å². The predicted molar refractivity (Wildman–Crippen MR) is 93.9 cm³/mol. The second-order valence-electron chi connectivity index (χ2n) is 4.67. The van der Waals surface area contributed by atoms with E-state index in [4.69, 9.17) is 39.5 Å². The Morgan fingerprint density at radius 1 is 1.13 bits per heavy atom. The van der Waals surface area contributed by atoms with Crippen LogP contribution in [0.3, 0.4) is 0 Å². The molecule has 2 rings (SSSR count). The van der Waals surface area contributed by atoms with Gasteiger partial charge in [0.15, 0.2) is 6.61 Å². The van der Waals surface area contributed by atoms with E-state index in [0.717, 1.165) is 5.56 Å². The molecule has 0 fully saturated rings. The Kier molecular flexibility index (Phi) is 6.28. The smallest absolute Gasteiger partial charge is 0.277 e. The second kappa shape index (κ2) is 8.20. The summed E-state index contributed by atoms with van der Waals surface area (Å²) in [6.07, 6.45) is 1.46. The number of carbonyl (C=O) groups is 1. The summed E-state index contributed by atoms with van der Waals surface area (Å²) in [6.45, 7) is 1.70. The fourth-order valence-corrected chi connectivity index (χ4v) is 2.08. The second-order valence-corrected chi connectivity index (χ2v) is 5.89. The highest BCUT2D eigenvalue weighted by molar-refractivity contribution is 6.42. The SMILES string of the molecule is Cc1cc(OCC(=O)NN=Cc2ccc(Cl)c(Cl)c2)ccc1Cl. The number of halogens is 3. The predicted octanol–water partition coefficient (Wildman–Crippen LogP) is 4.48. The number of hydrazone groups is 1. The molecule has 0 heterocycles. The van der Waals surface area contributed by atoms with Gasteiger partial charge in [-0.05, 0) is 48.4 Å². The van der Waals surface area contributed by atoms with E-state index in [1.54, 1.807) is 36.4 Å². The molecular formula is C16H13Cl3N2O2. The maximum absolute atomic E-state index is 11.7. The van der Waals surface area contributed by atoms with Gasteiger partial charge in [0.05, 0.1) is 16.3 Å². The van der Waals surface area contributed by atoms with Crippen LogP contribution >= 0.6 is 34.8 Å². The Balaban J connectivity index is 1.83. The summed E-state index contributed by atoms with van der Waals surface area (Å²) in [6, 6.07) is 10.2. The highest BCUT2D eigenvalue weighted by Crippen LogP contribution is 2.22. The first-order valence-corrected chi connectivity index (χ1v) is 7.75. The van der Waals surface area contributed by atoms with Gasteiger partial charge in [0, 0.05) is 5.02 Å². The Morgan fingerprint density at radius 2 is 1.87 bits per heavy atom. The van der Waals surface area contributed by atoms with Gasteiger partial charge in [-0.3, -0.25) is 4.79 Å². The third kappa shape index (κ3) is 5.43. The maximum Gasteiger partial charge on any atom is 0.277 e. The number of rotatable bonds is 5. The molecule has 0 spiro atoms. The van der Waals surface area contributed by atoms with Crippen molar-refractivity contribution in [1.29, 1.82) is 0 Å². The van der Waals surface area contributed by atoms with E-state index >= 15 is 0 Å². The molecule has 2 aromatic carbocycles. The molecule has 0 aliphatic rings. The summed E-state index contributed by atoms with van der Waals surface area (Å²) in [5.41, 5.74) is 3.96. The summed E-state index contributed by atoms with van der Waals surface area (Å²) in [5, 5.41) is 5.35. The number of carbonyl (C=O) groups excluding carboxylic acids is 1. The van der Waals surface area contributed by atoms with Crippen molar-refractivity contribution in [3.63, 3.8) is 0 Å². The number of aryl methyl sites for hydroxylation is 1. The molecule has 0 saturated carbocycles. The van der Waals surface area contributed by atoms with Crippen LogP contribution in [0.25, 0.3) is 0 Å². The number of hydrogen-bond donors (Lipinski definition) is 1. The number of benzene rings is 2. The highest BCUT2D eigenvalue weighted by Gasteiger charge is 2.03. The average Bonchev–Trinajstić information content (AvgIpc) is 2.52. The Morgan fingerprint density at radius 3 is 2.57 bits per heavy atom. The first-order chi connectivity index (χ1) is 11.0. The Hall–Kier alpha value is -1.75. The van der Waals surface area contributed by atoms with E-state index in [-0.39, 0.29) is 12.5 Å². The highest BCUT2D eigenvalue weighted by atomic mass is 35.5. The third-order valence-electron chi connectivity index (χ3n) is 2.85. The van der Waals surface area contributed by atoms with Crippen LogP contribution < -0.4 is 10.2 Å². The molecule has 0 aliphatic carbocycles. The van der Waals surface area contributed by atoms with Crippen LogP contribution in [0.5, 0.6) is 5.75 Å². The number of ether oxygens (including phenoxy) is 1. The zero-order valence-corrected chi connectivity index (χ0v) is 14.4. The Labute approximate surface area is 149 Å². The zero-order valence-electron chi connectivity index (χ0n) is 12.1. The topological polar surface area (TPSA) is 50.7 Å². The van der Waals surface area contributed by atoms with Crippen molar-refractivity contribution in [2.75, 3.05) is 6.61 Å². The summed E-state index contributed by atoms with van der Waals surface area (Å²) in [7, 11) is 0. The van der Waals surface area contributed by atoms with Crippen LogP contribution in [0.15, 0.2) is 41.5 Å². The molecule has 0 radical (unpaired) electrons. The van der Waals surface area contributed by atoms with Crippen molar-refractivity contribution in [1.82, 2.24) is 5.43 Å². The van der Waals surface area contributed by atoms with E-state index in [1.807, 2.05) is 6.92 Å². The zero-order chi connectivity index (χ0) is 16.8. The molecule has 2 aromatic rings. The lowest BCUT2D eigenvalue weighted by molar-refractivity contribution is -0.123. The van der Waals surface area contributed by atoms with Gasteiger partial charge >= 0.3 is 0 Å². The minimum atomic E-state index is -0.381. The van der Waals surface area contributed by atoms with Gasteiger partial charge in [-0.2, -0.15) is 5.10 Å². The third-order valence-corrected chi connectivity index (χ3v) is 4.01. The molecule has 0 atom stereocenters. The van der Waals surface area contributed by atoms with Crippen LogP contribution in [0.1, 0.15) is 11.1 Å². The molecule has 1 amide bonds. The number of nitrogens with zero attached hydrogens (tertiary/aromatic N) is 1. The van der Waals surface area contributed by atoms with Gasteiger partial charge in [-0.1, -0.05) is 40.9 Å². The summed E-state index contributed by atoms with van der Waals surface area (Å²) < 4.78 is 5.36. The van der Waals surface area contributed by atoms with E-state index in [0.29, 0.717) is 26.4 Å². The normalized spacial score (nSPS) is 10.8. The Bertz CT molecular complexity index is 748. The minimum Gasteiger partial charge on any atom is -0.484 e. The molecule has 4 nitrogen and oxygen atoms in total. The molecule has 7 heteroatoms. The van der Waals surface area contributed by atoms with Crippen LogP contribution in [-0.4, -0.2) is 18.7 Å². The molecule has 23 heavy (non-hydrogen) atoms. The van der Waals surface area contributed by atoms with E-state index in [2.05, 4.69) is 10.5 Å².